The van der Waals surface area contributed by atoms with E-state index in [-0.39, 0.29) is 42.9 Å². The number of likely N-dealkylation sites (N-methyl/N-ethyl adjacent to an activating group) is 4. The lowest BCUT2D eigenvalue weighted by Gasteiger charge is -2.37. The van der Waals surface area contributed by atoms with Crippen molar-refractivity contribution < 1.29 is 67.3 Å². The molecule has 0 bridgehead atoms. The van der Waals surface area contributed by atoms with Gasteiger partial charge in [0.25, 0.3) is 0 Å². The van der Waals surface area contributed by atoms with Gasteiger partial charge in [0.05, 0.1) is 31.1 Å². The molecule has 0 aromatic carbocycles. The number of aliphatic hydroxyl groups is 1. The average molecular weight is 1030 g/mol. The smallest absolute Gasteiger partial charge is 0.329 e. The lowest BCUT2D eigenvalue weighted by atomic mass is 10.00. The Labute approximate surface area is 420 Å². The standard InChI is InChI=1S/C24H41N5O7.C22H34ClN5O7/c1-11(2)18-22(33)29-13(5)9-15(30)20(29)23(34)27(7)10-16(31)28(8)19(12(3)4)24(35)36-14(6)17(25)21(32)26-18;1-10(2)18-21(33)28-11(3)14(29)7-13(28)20(32)26(5)9-16(30)27(6)12(4)22(34)35-15(8-23)17(24)19(31)25-18/h11-15,17-20,30H,9-10,25H2,1-8H3,(H,26,32);10-13,15,17-18H,7-9,24H2,1-6H3,(H,25,31)/t13-,14+,15-,17-,18+,19-,20-;11-,12-,13-,15+,17-,18+/m00/s1. The van der Waals surface area contributed by atoms with Crippen LogP contribution in [0.3, 0.4) is 0 Å². The van der Waals surface area contributed by atoms with E-state index in [2.05, 4.69) is 10.6 Å². The maximum atomic E-state index is 13.6. The molecule has 4 saturated heterocycles. The molecule has 400 valence electrons. The Morgan fingerprint density at radius 3 is 1.61 bits per heavy atom. The third kappa shape index (κ3) is 13.5. The number of nitrogens with zero attached hydrogens (tertiary/aromatic N) is 6. The van der Waals surface area contributed by atoms with Gasteiger partial charge in [-0.15, -0.1) is 11.6 Å². The molecule has 0 unspecified atom stereocenters. The number of carbonyl (C=O) groups excluding carboxylic acids is 11. The van der Waals surface area contributed by atoms with E-state index in [1.54, 1.807) is 48.5 Å². The fourth-order valence-electron chi connectivity index (χ4n) is 8.80. The van der Waals surface area contributed by atoms with Crippen LogP contribution in [0.1, 0.15) is 82.1 Å². The Balaban J connectivity index is 0.000000375. The zero-order valence-corrected chi connectivity index (χ0v) is 44.0. The number of fused-ring (bicyclic) bond motifs is 2. The summed E-state index contributed by atoms with van der Waals surface area (Å²) < 4.78 is 10.8. The van der Waals surface area contributed by atoms with Crippen LogP contribution in [0.4, 0.5) is 0 Å². The normalized spacial score (nSPS) is 33.0. The quantitative estimate of drug-likeness (QED) is 0.140. The van der Waals surface area contributed by atoms with E-state index in [9.17, 15) is 57.8 Å². The summed E-state index contributed by atoms with van der Waals surface area (Å²) >= 11 is 5.91. The Hall–Kier alpha value is -5.46. The van der Waals surface area contributed by atoms with Crippen LogP contribution in [-0.4, -0.2) is 225 Å². The molecule has 0 aliphatic carbocycles. The highest BCUT2D eigenvalue weighted by molar-refractivity contribution is 6.18. The summed E-state index contributed by atoms with van der Waals surface area (Å²) in [5.41, 5.74) is 12.1. The summed E-state index contributed by atoms with van der Waals surface area (Å²) in [6, 6.07) is -10.6. The molecule has 13 atom stereocenters. The first-order chi connectivity index (χ1) is 32.8. The Kier molecular flexibility index (Phi) is 20.9. The van der Waals surface area contributed by atoms with Crippen LogP contribution in [0.5, 0.6) is 0 Å². The molecule has 24 nitrogen and oxygen atoms in total. The van der Waals surface area contributed by atoms with Gasteiger partial charge in [0.15, 0.2) is 5.78 Å². The first-order valence-corrected chi connectivity index (χ1v) is 24.3. The van der Waals surface area contributed by atoms with Crippen molar-refractivity contribution in [2.24, 2.45) is 29.2 Å². The fourth-order valence-corrected chi connectivity index (χ4v) is 9.06. The SMILES string of the molecule is CC(C)[C@H]1C(=O)O[C@H](C)[C@H](N)C(=O)N[C@H](C(C)C)C(=O)N2[C@H](C(=O)N(C)CC(=O)N1C)[C@@H](O)C[C@@H]2C.CC(C)[C@H]1NC(=O)[C@@H](N)[C@@H](CCl)OC(=O)[C@H](C)N(C)C(=O)CN(C)C(=O)[C@@H]2CC(=O)[C@H](C)N2C1=O. The molecule has 8 amide bonds. The molecule has 0 aromatic heterocycles. The summed E-state index contributed by atoms with van der Waals surface area (Å²) in [5.74, 6) is -8.31. The number of rotatable bonds is 4. The minimum Gasteiger partial charge on any atom is -0.459 e. The predicted octanol–water partition coefficient (Wildman–Crippen LogP) is -2.83. The van der Waals surface area contributed by atoms with Gasteiger partial charge in [-0.05, 0) is 51.9 Å². The van der Waals surface area contributed by atoms with Crippen LogP contribution in [0.2, 0.25) is 0 Å². The predicted molar refractivity (Wildman–Crippen MR) is 255 cm³/mol. The number of esters is 2. The maximum absolute atomic E-state index is 13.6. The van der Waals surface area contributed by atoms with E-state index in [4.69, 9.17) is 32.5 Å². The van der Waals surface area contributed by atoms with E-state index >= 15 is 0 Å². The highest BCUT2D eigenvalue weighted by atomic mass is 35.5. The molecule has 7 N–H and O–H groups in total. The van der Waals surface area contributed by atoms with Crippen molar-refractivity contribution in [1.29, 1.82) is 0 Å². The van der Waals surface area contributed by atoms with Gasteiger partial charge in [-0.1, -0.05) is 41.5 Å². The van der Waals surface area contributed by atoms with Crippen molar-refractivity contribution in [3.8, 4) is 0 Å². The third-order valence-electron chi connectivity index (χ3n) is 13.6. The second kappa shape index (κ2) is 24.8. The fraction of sp³-hybridized carbons (Fsp3) is 0.761. The van der Waals surface area contributed by atoms with Crippen molar-refractivity contribution in [3.63, 3.8) is 0 Å². The van der Waals surface area contributed by atoms with Gasteiger partial charge in [0.2, 0.25) is 47.3 Å². The monoisotopic (exact) mass is 1030 g/mol. The summed E-state index contributed by atoms with van der Waals surface area (Å²) in [6.45, 7) is 15.7. The number of amides is 8. The number of cyclic esters (lactones) is 2. The van der Waals surface area contributed by atoms with Crippen LogP contribution in [0.15, 0.2) is 0 Å². The number of hydrogen-bond donors (Lipinski definition) is 5. The summed E-state index contributed by atoms with van der Waals surface area (Å²) in [4.78, 5) is 151. The zero-order chi connectivity index (χ0) is 54.4. The molecule has 0 radical (unpaired) electrons. The number of ether oxygens (including phenoxy) is 2. The Bertz CT molecular complexity index is 2060. The van der Waals surface area contributed by atoms with E-state index < -0.39 is 150 Å². The Morgan fingerprint density at radius 2 is 1.11 bits per heavy atom. The molecule has 4 aliphatic heterocycles. The molecular formula is C46H75ClN10O14. The number of alkyl halides is 1. The van der Waals surface area contributed by atoms with Gasteiger partial charge in [0.1, 0.15) is 60.5 Å². The van der Waals surface area contributed by atoms with Gasteiger partial charge in [-0.3, -0.25) is 43.2 Å². The minimum atomic E-state index is -1.41. The summed E-state index contributed by atoms with van der Waals surface area (Å²) in [7, 11) is 5.58. The van der Waals surface area contributed by atoms with Gasteiger partial charge in [-0.25, -0.2) is 9.59 Å². The lowest BCUT2D eigenvalue weighted by molar-refractivity contribution is -0.163. The topological polar surface area (TPSA) is 322 Å². The summed E-state index contributed by atoms with van der Waals surface area (Å²) in [6.07, 6.45) is -3.46. The van der Waals surface area contributed by atoms with Gasteiger partial charge in [0, 0.05) is 40.7 Å². The number of nitrogens with two attached hydrogens (primary N) is 2. The Morgan fingerprint density at radius 1 is 0.634 bits per heavy atom. The van der Waals surface area contributed by atoms with E-state index in [0.29, 0.717) is 0 Å². The van der Waals surface area contributed by atoms with E-state index in [1.807, 2.05) is 0 Å². The molecule has 4 aliphatic rings. The molecule has 0 spiro atoms. The van der Waals surface area contributed by atoms with Crippen LogP contribution < -0.4 is 22.1 Å². The number of carbonyl (C=O) groups is 11. The molecule has 0 aromatic rings. The average Bonchev–Trinajstić information content (AvgIpc) is 3.77. The first kappa shape index (κ1) is 59.8. The number of aliphatic hydroxyl groups excluding tert-OH is 1. The van der Waals surface area contributed by atoms with E-state index in [0.717, 1.165) is 14.7 Å². The minimum absolute atomic E-state index is 0.164. The van der Waals surface area contributed by atoms with Crippen molar-refractivity contribution in [1.82, 2.24) is 40.0 Å². The number of Topliss-reactive ketones (excluding diaryl/α,β-unsaturated/α-hetero) is 1. The lowest BCUT2D eigenvalue weighted by Crippen LogP contribution is -2.61. The van der Waals surface area contributed by atoms with Crippen LogP contribution in [-0.2, 0) is 62.2 Å². The van der Waals surface area contributed by atoms with Crippen LogP contribution in [0.25, 0.3) is 0 Å². The molecule has 71 heavy (non-hydrogen) atoms. The molecular weight excluding hydrogens is 952 g/mol. The third-order valence-corrected chi connectivity index (χ3v) is 13.9. The van der Waals surface area contributed by atoms with Gasteiger partial charge >= 0.3 is 11.9 Å². The maximum Gasteiger partial charge on any atom is 0.329 e. The van der Waals surface area contributed by atoms with Crippen molar-refractivity contribution in [3.05, 3.63) is 0 Å². The number of hydrogen-bond acceptors (Lipinski definition) is 16. The molecule has 4 rings (SSSR count). The number of halogens is 1. The van der Waals surface area contributed by atoms with E-state index in [1.165, 1.54) is 63.7 Å². The van der Waals surface area contributed by atoms with Crippen molar-refractivity contribution >= 4 is 76.6 Å². The number of nitrogens with one attached hydrogen (secondary N) is 2. The van der Waals surface area contributed by atoms with Crippen molar-refractivity contribution in [2.45, 2.75) is 161 Å². The zero-order valence-electron chi connectivity index (χ0n) is 43.2. The molecule has 4 fully saturated rings. The molecule has 4 heterocycles. The highest BCUT2D eigenvalue weighted by Gasteiger charge is 2.50. The highest BCUT2D eigenvalue weighted by Crippen LogP contribution is 2.29. The number of ketones is 1. The summed E-state index contributed by atoms with van der Waals surface area (Å²) in [5, 5.41) is 15.9. The molecule has 25 heteroatoms. The molecule has 0 saturated carbocycles. The van der Waals surface area contributed by atoms with Crippen molar-refractivity contribution in [2.75, 3.05) is 47.2 Å². The first-order valence-electron chi connectivity index (χ1n) is 23.8. The van der Waals surface area contributed by atoms with Crippen LogP contribution >= 0.6 is 11.6 Å². The van der Waals surface area contributed by atoms with Crippen LogP contribution in [0, 0.1) is 17.8 Å². The second-order valence-corrected chi connectivity index (χ2v) is 20.3. The van der Waals surface area contributed by atoms with Gasteiger partial charge in [-0.2, -0.15) is 0 Å². The second-order valence-electron chi connectivity index (χ2n) is 20.0. The van der Waals surface area contributed by atoms with Gasteiger partial charge < -0.3 is 66.1 Å². The largest absolute Gasteiger partial charge is 0.459 e.